The van der Waals surface area contributed by atoms with Crippen molar-refractivity contribution in [2.75, 3.05) is 0 Å². The summed E-state index contributed by atoms with van der Waals surface area (Å²) in [5.41, 5.74) is 6.27. The topological polar surface area (TPSA) is 51.6 Å². The molecule has 4 heterocycles. The summed E-state index contributed by atoms with van der Waals surface area (Å²) >= 11 is 0. The second-order valence-electron chi connectivity index (χ2n) is 6.98. The van der Waals surface area contributed by atoms with Crippen LogP contribution in [-0.2, 0) is 0 Å². The van der Waals surface area contributed by atoms with Gasteiger partial charge in [0.25, 0.3) is 0 Å². The quantitative estimate of drug-likeness (QED) is 0.467. The summed E-state index contributed by atoms with van der Waals surface area (Å²) in [7, 11) is 0. The highest BCUT2D eigenvalue weighted by atomic mass is 14.8. The Morgan fingerprint density at radius 3 is 1.71 bits per heavy atom. The van der Waals surface area contributed by atoms with Crippen molar-refractivity contribution in [2.24, 2.45) is 0 Å². The van der Waals surface area contributed by atoms with Crippen LogP contribution in [0.2, 0.25) is 0 Å². The lowest BCUT2D eigenvalue weighted by atomic mass is 9.85. The first-order chi connectivity index (χ1) is 13.7. The van der Waals surface area contributed by atoms with Gasteiger partial charge in [-0.25, -0.2) is 0 Å². The maximum atomic E-state index is 4.65. The maximum absolute atomic E-state index is 4.65. The van der Waals surface area contributed by atoms with Crippen LogP contribution < -0.4 is 0 Å². The number of rotatable bonds is 5. The van der Waals surface area contributed by atoms with E-state index in [1.807, 2.05) is 48.8 Å². The minimum absolute atomic E-state index is 0.332. The predicted molar refractivity (Wildman–Crippen MR) is 112 cm³/mol. The van der Waals surface area contributed by atoms with Gasteiger partial charge in [-0.3, -0.25) is 19.9 Å². The molecule has 0 aliphatic rings. The highest BCUT2D eigenvalue weighted by Gasteiger charge is 2.17. The van der Waals surface area contributed by atoms with Crippen molar-refractivity contribution in [1.82, 2.24) is 19.9 Å². The highest BCUT2D eigenvalue weighted by Crippen LogP contribution is 2.32. The molecule has 0 amide bonds. The molecule has 4 nitrogen and oxygen atoms in total. The molecule has 0 aliphatic carbocycles. The van der Waals surface area contributed by atoms with Crippen LogP contribution in [0.1, 0.15) is 36.8 Å². The largest absolute Gasteiger partial charge is 0.265 e. The number of hydrogen-bond acceptors (Lipinski definition) is 4. The summed E-state index contributed by atoms with van der Waals surface area (Å²) < 4.78 is 0. The summed E-state index contributed by atoms with van der Waals surface area (Å²) in [5, 5.41) is 0. The maximum Gasteiger partial charge on any atom is 0.0886 e. The normalized spacial score (nSPS) is 13.1. The van der Waals surface area contributed by atoms with Crippen LogP contribution >= 0.6 is 0 Å². The van der Waals surface area contributed by atoms with Crippen LogP contribution in [-0.4, -0.2) is 19.9 Å². The second kappa shape index (κ2) is 8.09. The Morgan fingerprint density at radius 2 is 1.18 bits per heavy atom. The molecule has 0 saturated carbocycles. The van der Waals surface area contributed by atoms with E-state index in [4.69, 9.17) is 0 Å². The van der Waals surface area contributed by atoms with Crippen LogP contribution in [0.25, 0.3) is 22.6 Å². The summed E-state index contributed by atoms with van der Waals surface area (Å²) in [6, 6.07) is 18.3. The lowest BCUT2D eigenvalue weighted by molar-refractivity contribution is 0.620. The molecule has 0 radical (unpaired) electrons. The fraction of sp³-hybridized carbons (Fsp3) is 0.167. The molecule has 0 bridgehead atoms. The number of hydrogen-bond donors (Lipinski definition) is 0. The predicted octanol–water partition coefficient (Wildman–Crippen LogP) is 5.51. The van der Waals surface area contributed by atoms with Crippen LogP contribution in [0.4, 0.5) is 0 Å². The van der Waals surface area contributed by atoms with E-state index in [0.29, 0.717) is 11.8 Å². The van der Waals surface area contributed by atoms with Crippen LogP contribution in [0.3, 0.4) is 0 Å². The molecule has 4 aromatic rings. The monoisotopic (exact) mass is 366 g/mol. The second-order valence-corrected chi connectivity index (χ2v) is 6.98. The standard InChI is InChI=1S/C24H22N4/c1-17(20-6-8-22(27-15-20)19-10-13-25-14-11-19)18(2)21-7-9-24(28-16-21)23-5-3-4-12-26-23/h3-18H,1-2H3. The highest BCUT2D eigenvalue weighted by molar-refractivity contribution is 5.58. The minimum atomic E-state index is 0.332. The minimum Gasteiger partial charge on any atom is -0.265 e. The summed E-state index contributed by atoms with van der Waals surface area (Å²) in [5.74, 6) is 0.667. The third-order valence-corrected chi connectivity index (χ3v) is 5.28. The molecular formula is C24H22N4. The van der Waals surface area contributed by atoms with E-state index >= 15 is 0 Å². The van der Waals surface area contributed by atoms with Gasteiger partial charge in [0.15, 0.2) is 0 Å². The molecular weight excluding hydrogens is 344 g/mol. The van der Waals surface area contributed by atoms with Gasteiger partial charge in [0.05, 0.1) is 17.1 Å². The number of aromatic nitrogens is 4. The number of nitrogens with zero attached hydrogens (tertiary/aromatic N) is 4. The first-order valence-electron chi connectivity index (χ1n) is 9.46. The molecule has 0 N–H and O–H groups in total. The molecule has 4 heteroatoms. The molecule has 0 saturated heterocycles. The van der Waals surface area contributed by atoms with E-state index in [0.717, 1.165) is 22.6 Å². The fourth-order valence-electron chi connectivity index (χ4n) is 3.29. The molecule has 2 atom stereocenters. The van der Waals surface area contributed by atoms with E-state index < -0.39 is 0 Å². The van der Waals surface area contributed by atoms with Gasteiger partial charge in [0.2, 0.25) is 0 Å². The zero-order valence-electron chi connectivity index (χ0n) is 16.0. The lowest BCUT2D eigenvalue weighted by Gasteiger charge is -2.20. The van der Waals surface area contributed by atoms with Crippen LogP contribution in [0.15, 0.2) is 85.6 Å². The fourth-order valence-corrected chi connectivity index (χ4v) is 3.29. The Balaban J connectivity index is 1.50. The smallest absolute Gasteiger partial charge is 0.0886 e. The van der Waals surface area contributed by atoms with Gasteiger partial charge in [-0.2, -0.15) is 0 Å². The van der Waals surface area contributed by atoms with Crippen molar-refractivity contribution >= 4 is 0 Å². The van der Waals surface area contributed by atoms with Gasteiger partial charge in [0.1, 0.15) is 0 Å². The Morgan fingerprint density at radius 1 is 0.571 bits per heavy atom. The first-order valence-corrected chi connectivity index (χ1v) is 9.46. The lowest BCUT2D eigenvalue weighted by Crippen LogP contribution is -2.06. The summed E-state index contributed by atoms with van der Waals surface area (Å²) in [6.45, 7) is 4.47. The van der Waals surface area contributed by atoms with E-state index in [-0.39, 0.29) is 0 Å². The van der Waals surface area contributed by atoms with Crippen molar-refractivity contribution in [3.8, 4) is 22.6 Å². The van der Waals surface area contributed by atoms with Crippen molar-refractivity contribution in [3.63, 3.8) is 0 Å². The third kappa shape index (κ3) is 3.81. The summed E-state index contributed by atoms with van der Waals surface area (Å²) in [4.78, 5) is 17.7. The van der Waals surface area contributed by atoms with E-state index in [1.54, 1.807) is 18.6 Å². The van der Waals surface area contributed by atoms with Crippen molar-refractivity contribution < 1.29 is 0 Å². The molecule has 2 unspecified atom stereocenters. The zero-order chi connectivity index (χ0) is 19.3. The van der Waals surface area contributed by atoms with Crippen molar-refractivity contribution in [3.05, 3.63) is 96.7 Å². The SMILES string of the molecule is CC(c1ccc(-c2ccncc2)nc1)C(C)c1ccc(-c2ccccn2)nc1. The van der Waals surface area contributed by atoms with Gasteiger partial charge < -0.3 is 0 Å². The number of pyridine rings is 4. The molecule has 138 valence electrons. The zero-order valence-corrected chi connectivity index (χ0v) is 16.0. The molecule has 28 heavy (non-hydrogen) atoms. The van der Waals surface area contributed by atoms with Crippen LogP contribution in [0.5, 0.6) is 0 Å². The molecule has 4 aromatic heterocycles. The van der Waals surface area contributed by atoms with Gasteiger partial charge in [-0.15, -0.1) is 0 Å². The Labute approximate surface area is 165 Å². The van der Waals surface area contributed by atoms with Crippen LogP contribution in [0, 0.1) is 0 Å². The molecule has 4 rings (SSSR count). The molecule has 0 aliphatic heterocycles. The molecule has 0 fully saturated rings. The van der Waals surface area contributed by atoms with E-state index in [1.165, 1.54) is 11.1 Å². The third-order valence-electron chi connectivity index (χ3n) is 5.28. The first kappa shape index (κ1) is 18.0. The van der Waals surface area contributed by atoms with Gasteiger partial charge in [0, 0.05) is 36.5 Å². The Hall–Kier alpha value is -3.40. The van der Waals surface area contributed by atoms with Gasteiger partial charge in [-0.1, -0.05) is 32.0 Å². The van der Waals surface area contributed by atoms with Gasteiger partial charge in [-0.05, 0) is 59.4 Å². The Kier molecular flexibility index (Phi) is 5.20. The molecule has 0 aromatic carbocycles. The van der Waals surface area contributed by atoms with Gasteiger partial charge >= 0.3 is 0 Å². The molecule has 0 spiro atoms. The van der Waals surface area contributed by atoms with E-state index in [2.05, 4.69) is 52.0 Å². The average molecular weight is 366 g/mol. The Bertz CT molecular complexity index is 927. The average Bonchev–Trinajstić information content (AvgIpc) is 2.79. The van der Waals surface area contributed by atoms with Crippen molar-refractivity contribution in [1.29, 1.82) is 0 Å². The van der Waals surface area contributed by atoms with Crippen molar-refractivity contribution in [2.45, 2.75) is 25.7 Å². The van der Waals surface area contributed by atoms with E-state index in [9.17, 15) is 0 Å². The summed E-state index contributed by atoms with van der Waals surface area (Å²) in [6.07, 6.45) is 9.31.